The van der Waals surface area contributed by atoms with Crippen LogP contribution in [0.1, 0.15) is 17.3 Å². The van der Waals surface area contributed by atoms with Gasteiger partial charge in [-0.1, -0.05) is 12.1 Å². The molecule has 0 unspecified atom stereocenters. The molecule has 7 nitrogen and oxygen atoms in total. The second-order valence-electron chi connectivity index (χ2n) is 3.63. The Balaban J connectivity index is 2.96. The average Bonchev–Trinajstić information content (AvgIpc) is 2.36. The first-order chi connectivity index (χ1) is 8.85. The monoisotopic (exact) mass is 286 g/mol. The highest BCUT2D eigenvalue weighted by Gasteiger charge is 2.15. The summed E-state index contributed by atoms with van der Waals surface area (Å²) in [6.07, 6.45) is 0. The van der Waals surface area contributed by atoms with Crippen LogP contribution in [0.2, 0.25) is 0 Å². The lowest BCUT2D eigenvalue weighted by molar-refractivity contribution is -0.135. The van der Waals surface area contributed by atoms with E-state index in [1.54, 1.807) is 12.1 Å². The van der Waals surface area contributed by atoms with Crippen LogP contribution in [0.15, 0.2) is 24.3 Å². The lowest BCUT2D eigenvalue weighted by Crippen LogP contribution is -2.30. The molecule has 1 aromatic rings. The number of carboxylic acid groups (broad SMARTS) is 1. The van der Waals surface area contributed by atoms with Crippen LogP contribution in [0.4, 0.5) is 5.69 Å². The molecule has 0 heterocycles. The number of anilines is 1. The van der Waals surface area contributed by atoms with E-state index in [1.165, 1.54) is 19.1 Å². The van der Waals surface area contributed by atoms with E-state index in [2.05, 4.69) is 10.0 Å². The van der Waals surface area contributed by atoms with Gasteiger partial charge in [-0.2, -0.15) is 0 Å². The van der Waals surface area contributed by atoms with Gasteiger partial charge in [0.15, 0.2) is 0 Å². The van der Waals surface area contributed by atoms with E-state index in [0.29, 0.717) is 0 Å². The van der Waals surface area contributed by atoms with E-state index in [1.807, 2.05) is 0 Å². The zero-order chi connectivity index (χ0) is 14.5. The van der Waals surface area contributed by atoms with Crippen LogP contribution < -0.4 is 10.0 Å². The smallest absolute Gasteiger partial charge is 0.322 e. The first-order valence-electron chi connectivity index (χ1n) is 5.45. The molecule has 3 N–H and O–H groups in total. The molecule has 0 saturated carbocycles. The average molecular weight is 286 g/mol. The van der Waals surface area contributed by atoms with Crippen molar-refractivity contribution >= 4 is 27.6 Å². The summed E-state index contributed by atoms with van der Waals surface area (Å²) in [5.74, 6) is -1.96. The van der Waals surface area contributed by atoms with Crippen molar-refractivity contribution in [1.29, 1.82) is 0 Å². The van der Waals surface area contributed by atoms with Gasteiger partial charge >= 0.3 is 5.97 Å². The van der Waals surface area contributed by atoms with Crippen LogP contribution >= 0.6 is 0 Å². The molecule has 8 heteroatoms. The minimum atomic E-state index is -3.51. The van der Waals surface area contributed by atoms with Crippen molar-refractivity contribution in [2.45, 2.75) is 6.92 Å². The predicted octanol–water partition coefficient (Wildman–Crippen LogP) is 0.263. The van der Waals surface area contributed by atoms with E-state index in [-0.39, 0.29) is 17.0 Å². The zero-order valence-electron chi connectivity index (χ0n) is 10.2. The summed E-state index contributed by atoms with van der Waals surface area (Å²) in [6, 6.07) is 5.97. The fourth-order valence-electron chi connectivity index (χ4n) is 1.26. The molecule has 0 aliphatic carbocycles. The van der Waals surface area contributed by atoms with Crippen molar-refractivity contribution in [3.8, 4) is 0 Å². The first kappa shape index (κ1) is 15.0. The molecule has 0 spiro atoms. The molecule has 19 heavy (non-hydrogen) atoms. The van der Waals surface area contributed by atoms with Gasteiger partial charge in [0.25, 0.3) is 5.91 Å². The quantitative estimate of drug-likeness (QED) is 0.694. The second kappa shape index (κ2) is 6.19. The number of hydrogen-bond donors (Lipinski definition) is 3. The third-order valence-corrected chi connectivity index (χ3v) is 3.51. The largest absolute Gasteiger partial charge is 0.480 e. The molecular formula is C11H14N2O5S. The maximum Gasteiger partial charge on any atom is 0.322 e. The number of para-hydroxylation sites is 1. The molecule has 1 aromatic carbocycles. The van der Waals surface area contributed by atoms with Gasteiger partial charge in [-0.05, 0) is 19.1 Å². The fourth-order valence-corrected chi connectivity index (χ4v) is 1.92. The lowest BCUT2D eigenvalue weighted by Gasteiger charge is -2.11. The molecule has 0 atom stereocenters. The number of carbonyl (C=O) groups excluding carboxylic acids is 1. The van der Waals surface area contributed by atoms with Crippen molar-refractivity contribution in [2.24, 2.45) is 0 Å². The number of carboxylic acids is 1. The van der Waals surface area contributed by atoms with E-state index < -0.39 is 28.4 Å². The summed E-state index contributed by atoms with van der Waals surface area (Å²) >= 11 is 0. The van der Waals surface area contributed by atoms with Crippen molar-refractivity contribution in [3.05, 3.63) is 29.8 Å². The van der Waals surface area contributed by atoms with Gasteiger partial charge in [0.1, 0.15) is 6.54 Å². The summed E-state index contributed by atoms with van der Waals surface area (Å²) in [4.78, 5) is 22.1. The molecule has 0 aliphatic heterocycles. The Morgan fingerprint density at radius 1 is 1.26 bits per heavy atom. The molecule has 0 aromatic heterocycles. The van der Waals surface area contributed by atoms with E-state index in [0.717, 1.165) is 0 Å². The summed E-state index contributed by atoms with van der Waals surface area (Å²) in [5.41, 5.74) is 0.188. The highest BCUT2D eigenvalue weighted by Crippen LogP contribution is 2.16. The van der Waals surface area contributed by atoms with E-state index in [4.69, 9.17) is 5.11 Å². The van der Waals surface area contributed by atoms with Gasteiger partial charge < -0.3 is 10.4 Å². The van der Waals surface area contributed by atoms with Crippen LogP contribution in [-0.4, -0.2) is 37.7 Å². The van der Waals surface area contributed by atoms with E-state index >= 15 is 0 Å². The number of nitrogens with one attached hydrogen (secondary N) is 2. The number of amides is 1. The maximum absolute atomic E-state index is 11.7. The fraction of sp³-hybridized carbons (Fsp3) is 0.273. The van der Waals surface area contributed by atoms with Crippen molar-refractivity contribution < 1.29 is 23.1 Å². The normalized spacial score (nSPS) is 10.8. The number of benzene rings is 1. The minimum absolute atomic E-state index is 0.0702. The van der Waals surface area contributed by atoms with Gasteiger partial charge in [-0.3, -0.25) is 14.3 Å². The summed E-state index contributed by atoms with van der Waals surface area (Å²) in [5, 5.41) is 10.6. The first-order valence-corrected chi connectivity index (χ1v) is 7.10. The number of carbonyl (C=O) groups is 2. The Morgan fingerprint density at radius 3 is 2.47 bits per heavy atom. The Bertz CT molecular complexity index is 583. The predicted molar refractivity (Wildman–Crippen MR) is 69.5 cm³/mol. The molecule has 0 radical (unpaired) electrons. The van der Waals surface area contributed by atoms with Crippen LogP contribution in [0.5, 0.6) is 0 Å². The molecule has 0 bridgehead atoms. The third-order valence-electron chi connectivity index (χ3n) is 2.22. The molecule has 0 saturated heterocycles. The topological polar surface area (TPSA) is 113 Å². The molecular weight excluding hydrogens is 272 g/mol. The minimum Gasteiger partial charge on any atom is -0.480 e. The Hall–Kier alpha value is -2.09. The summed E-state index contributed by atoms with van der Waals surface area (Å²) in [7, 11) is -3.51. The van der Waals surface area contributed by atoms with Crippen LogP contribution in [0.3, 0.4) is 0 Å². The molecule has 1 rings (SSSR count). The van der Waals surface area contributed by atoms with Gasteiger partial charge in [-0.15, -0.1) is 0 Å². The van der Waals surface area contributed by atoms with Crippen LogP contribution in [0.25, 0.3) is 0 Å². The number of rotatable bonds is 6. The highest BCUT2D eigenvalue weighted by molar-refractivity contribution is 7.92. The van der Waals surface area contributed by atoms with Crippen molar-refractivity contribution in [1.82, 2.24) is 5.32 Å². The van der Waals surface area contributed by atoms with Gasteiger partial charge in [0, 0.05) is 0 Å². The number of aliphatic carboxylic acids is 1. The molecule has 0 fully saturated rings. The van der Waals surface area contributed by atoms with Gasteiger partial charge in [0.2, 0.25) is 10.0 Å². The third kappa shape index (κ3) is 4.59. The summed E-state index contributed by atoms with van der Waals surface area (Å²) < 4.78 is 25.2. The SMILES string of the molecule is CCS(=O)(=O)Nc1ccccc1C(=O)NCC(=O)O. The Morgan fingerprint density at radius 2 is 1.89 bits per heavy atom. The highest BCUT2D eigenvalue weighted by atomic mass is 32.2. The standard InChI is InChI=1S/C11H14N2O5S/c1-2-19(17,18)13-9-6-4-3-5-8(9)11(16)12-7-10(14)15/h3-6,13H,2,7H2,1H3,(H,12,16)(H,14,15). The molecule has 0 aliphatic rings. The van der Waals surface area contributed by atoms with E-state index in [9.17, 15) is 18.0 Å². The van der Waals surface area contributed by atoms with Crippen molar-refractivity contribution in [3.63, 3.8) is 0 Å². The maximum atomic E-state index is 11.7. The number of sulfonamides is 1. The lowest BCUT2D eigenvalue weighted by atomic mass is 10.1. The summed E-state index contributed by atoms with van der Waals surface area (Å²) in [6.45, 7) is 0.934. The van der Waals surface area contributed by atoms with Gasteiger partial charge in [-0.25, -0.2) is 8.42 Å². The Labute approximate surface area is 110 Å². The number of hydrogen-bond acceptors (Lipinski definition) is 4. The van der Waals surface area contributed by atoms with Crippen LogP contribution in [0, 0.1) is 0 Å². The Kier molecular flexibility index (Phi) is 4.87. The van der Waals surface area contributed by atoms with Crippen molar-refractivity contribution in [2.75, 3.05) is 17.0 Å². The van der Waals surface area contributed by atoms with Crippen LogP contribution in [-0.2, 0) is 14.8 Å². The molecule has 1 amide bonds. The zero-order valence-corrected chi connectivity index (χ0v) is 11.0. The van der Waals surface area contributed by atoms with Gasteiger partial charge in [0.05, 0.1) is 17.0 Å². The second-order valence-corrected chi connectivity index (χ2v) is 5.64. The molecule has 104 valence electrons.